The van der Waals surface area contributed by atoms with Crippen molar-refractivity contribution in [2.75, 3.05) is 58.5 Å². The number of hydrogen-bond donors (Lipinski definition) is 0. The molecule has 1 aromatic rings. The molecule has 0 aromatic carbocycles. The molecule has 0 saturated carbocycles. The summed E-state index contributed by atoms with van der Waals surface area (Å²) < 4.78 is 36.8. The molecule has 0 amide bonds. The number of nitrogens with zero attached hydrogens (tertiary/aromatic N) is 3. The molecule has 3 heterocycles. The molecular formula is C15H23N3O4S. The molecule has 0 radical (unpaired) electrons. The summed E-state index contributed by atoms with van der Waals surface area (Å²) in [5, 5.41) is 0.0851. The number of aromatic nitrogens is 1. The van der Waals surface area contributed by atoms with Crippen LogP contribution in [0.4, 0.5) is 5.82 Å². The van der Waals surface area contributed by atoms with E-state index in [1.165, 1.54) is 4.31 Å². The Morgan fingerprint density at radius 3 is 2.70 bits per heavy atom. The number of sulfonamides is 1. The summed E-state index contributed by atoms with van der Waals surface area (Å²) in [7, 11) is -0.500. The number of pyridine rings is 1. The fraction of sp³-hybridized carbons (Fsp3) is 0.667. The zero-order valence-electron chi connectivity index (χ0n) is 13.5. The van der Waals surface area contributed by atoms with Gasteiger partial charge in [0.15, 0.2) is 5.03 Å². The third kappa shape index (κ3) is 3.35. The molecule has 2 aliphatic heterocycles. The van der Waals surface area contributed by atoms with Gasteiger partial charge in [-0.2, -0.15) is 4.31 Å². The number of anilines is 1. The Kier molecular flexibility index (Phi) is 4.86. The number of hydrogen-bond acceptors (Lipinski definition) is 6. The molecule has 7 nitrogen and oxygen atoms in total. The van der Waals surface area contributed by atoms with Crippen molar-refractivity contribution in [2.45, 2.75) is 5.03 Å². The molecule has 0 bridgehead atoms. The Morgan fingerprint density at radius 2 is 2.04 bits per heavy atom. The van der Waals surface area contributed by atoms with Crippen LogP contribution in [0.2, 0.25) is 0 Å². The van der Waals surface area contributed by atoms with Crippen molar-refractivity contribution in [1.82, 2.24) is 9.29 Å². The smallest absolute Gasteiger partial charge is 0.260 e. The highest BCUT2D eigenvalue weighted by Gasteiger charge is 2.37. The minimum absolute atomic E-state index is 0.0851. The standard InChI is InChI=1S/C15H23N3O4S/c1-17(6-7-21-2)23(19,20)15-5-3-4-14(16-15)18-8-12-10-22-11-13(12)9-18/h3-5,12-13H,6-11H2,1-2H3/t12-,13+. The van der Waals surface area contributed by atoms with Crippen LogP contribution in [0.5, 0.6) is 0 Å². The van der Waals surface area contributed by atoms with Gasteiger partial charge in [-0.05, 0) is 12.1 Å². The van der Waals surface area contributed by atoms with E-state index < -0.39 is 10.0 Å². The van der Waals surface area contributed by atoms with Gasteiger partial charge >= 0.3 is 0 Å². The molecule has 2 fully saturated rings. The van der Waals surface area contributed by atoms with Crippen molar-refractivity contribution < 1.29 is 17.9 Å². The van der Waals surface area contributed by atoms with Gasteiger partial charge in [0.05, 0.1) is 19.8 Å². The predicted molar refractivity (Wildman–Crippen MR) is 85.9 cm³/mol. The van der Waals surface area contributed by atoms with Gasteiger partial charge in [0.25, 0.3) is 10.0 Å². The zero-order chi connectivity index (χ0) is 16.4. The summed E-state index contributed by atoms with van der Waals surface area (Å²) in [5.41, 5.74) is 0. The molecule has 2 saturated heterocycles. The molecule has 0 spiro atoms. The zero-order valence-corrected chi connectivity index (χ0v) is 14.3. The highest BCUT2D eigenvalue weighted by Crippen LogP contribution is 2.32. The van der Waals surface area contributed by atoms with Crippen LogP contribution in [0.3, 0.4) is 0 Å². The van der Waals surface area contributed by atoms with Crippen LogP contribution in [0.1, 0.15) is 0 Å². The first kappa shape index (κ1) is 16.6. The Bertz CT molecular complexity index is 640. The van der Waals surface area contributed by atoms with E-state index in [1.54, 1.807) is 26.3 Å². The Morgan fingerprint density at radius 1 is 1.35 bits per heavy atom. The highest BCUT2D eigenvalue weighted by molar-refractivity contribution is 7.89. The first-order valence-electron chi connectivity index (χ1n) is 7.77. The lowest BCUT2D eigenvalue weighted by Gasteiger charge is -2.20. The largest absolute Gasteiger partial charge is 0.383 e. The molecule has 0 unspecified atom stereocenters. The molecular weight excluding hydrogens is 318 g/mol. The molecule has 3 rings (SSSR count). The van der Waals surface area contributed by atoms with E-state index in [4.69, 9.17) is 9.47 Å². The van der Waals surface area contributed by atoms with Gasteiger partial charge in [0.1, 0.15) is 5.82 Å². The van der Waals surface area contributed by atoms with Gasteiger partial charge in [0, 0.05) is 45.6 Å². The summed E-state index contributed by atoms with van der Waals surface area (Å²) in [6, 6.07) is 5.17. The number of methoxy groups -OCH3 is 1. The molecule has 0 N–H and O–H groups in total. The SMILES string of the molecule is COCCN(C)S(=O)(=O)c1cccc(N2C[C@H]3COC[C@H]3C2)n1. The number of rotatable bonds is 6. The lowest BCUT2D eigenvalue weighted by atomic mass is 10.0. The summed E-state index contributed by atoms with van der Waals surface area (Å²) in [5.74, 6) is 1.78. The Balaban J connectivity index is 1.77. The van der Waals surface area contributed by atoms with Crippen molar-refractivity contribution in [3.8, 4) is 0 Å². The van der Waals surface area contributed by atoms with E-state index >= 15 is 0 Å². The lowest BCUT2D eigenvalue weighted by Crippen LogP contribution is -2.31. The van der Waals surface area contributed by atoms with Crippen molar-refractivity contribution in [1.29, 1.82) is 0 Å². The lowest BCUT2D eigenvalue weighted by molar-refractivity contribution is 0.177. The summed E-state index contributed by atoms with van der Waals surface area (Å²) in [6.45, 7) is 3.99. The fourth-order valence-corrected chi connectivity index (χ4v) is 4.19. The van der Waals surface area contributed by atoms with Crippen LogP contribution in [-0.2, 0) is 19.5 Å². The van der Waals surface area contributed by atoms with E-state index in [-0.39, 0.29) is 5.03 Å². The van der Waals surface area contributed by atoms with E-state index in [9.17, 15) is 8.42 Å². The topological polar surface area (TPSA) is 72.0 Å². The minimum Gasteiger partial charge on any atom is -0.383 e. The van der Waals surface area contributed by atoms with Crippen LogP contribution in [0.15, 0.2) is 23.2 Å². The van der Waals surface area contributed by atoms with Gasteiger partial charge in [-0.15, -0.1) is 0 Å². The average molecular weight is 341 g/mol. The van der Waals surface area contributed by atoms with Crippen molar-refractivity contribution in [2.24, 2.45) is 11.8 Å². The predicted octanol–water partition coefficient (Wildman–Crippen LogP) is 0.431. The van der Waals surface area contributed by atoms with Crippen molar-refractivity contribution >= 4 is 15.8 Å². The fourth-order valence-electron chi connectivity index (χ4n) is 3.10. The Labute approximate surface area is 137 Å². The normalized spacial score (nSPS) is 24.4. The van der Waals surface area contributed by atoms with Gasteiger partial charge in [-0.1, -0.05) is 6.07 Å². The van der Waals surface area contributed by atoms with Crippen LogP contribution >= 0.6 is 0 Å². The maximum absolute atomic E-state index is 12.6. The van der Waals surface area contributed by atoms with E-state index in [2.05, 4.69) is 9.88 Å². The minimum atomic E-state index is -3.59. The van der Waals surface area contributed by atoms with E-state index in [0.717, 1.165) is 32.1 Å². The van der Waals surface area contributed by atoms with Crippen LogP contribution < -0.4 is 4.90 Å². The van der Waals surface area contributed by atoms with Gasteiger partial charge in [0.2, 0.25) is 0 Å². The van der Waals surface area contributed by atoms with Crippen molar-refractivity contribution in [3.05, 3.63) is 18.2 Å². The van der Waals surface area contributed by atoms with E-state index in [1.807, 2.05) is 6.07 Å². The molecule has 8 heteroatoms. The molecule has 1 aromatic heterocycles. The number of likely N-dealkylation sites (N-methyl/N-ethyl adjacent to an activating group) is 1. The molecule has 2 atom stereocenters. The Hall–Kier alpha value is -1.22. The third-order valence-electron chi connectivity index (χ3n) is 4.56. The summed E-state index contributed by atoms with van der Waals surface area (Å²) in [6.07, 6.45) is 0. The molecule has 23 heavy (non-hydrogen) atoms. The van der Waals surface area contributed by atoms with Gasteiger partial charge in [-0.3, -0.25) is 0 Å². The number of fused-ring (bicyclic) bond motifs is 1. The average Bonchev–Trinajstić information content (AvgIpc) is 3.14. The molecule has 2 aliphatic rings. The second-order valence-electron chi connectivity index (χ2n) is 6.12. The molecule has 128 valence electrons. The number of ether oxygens (including phenoxy) is 2. The highest BCUT2D eigenvalue weighted by atomic mass is 32.2. The molecule has 0 aliphatic carbocycles. The van der Waals surface area contributed by atoms with E-state index in [0.29, 0.717) is 25.0 Å². The third-order valence-corrected chi connectivity index (χ3v) is 6.32. The monoisotopic (exact) mass is 341 g/mol. The summed E-state index contributed by atoms with van der Waals surface area (Å²) in [4.78, 5) is 6.56. The maximum Gasteiger partial charge on any atom is 0.260 e. The maximum atomic E-state index is 12.6. The summed E-state index contributed by atoms with van der Waals surface area (Å²) >= 11 is 0. The first-order valence-corrected chi connectivity index (χ1v) is 9.21. The second-order valence-corrected chi connectivity index (χ2v) is 8.11. The quantitative estimate of drug-likeness (QED) is 0.747. The second kappa shape index (κ2) is 6.72. The van der Waals surface area contributed by atoms with Crippen LogP contribution in [-0.4, -0.2) is 71.3 Å². The van der Waals surface area contributed by atoms with Crippen molar-refractivity contribution in [3.63, 3.8) is 0 Å². The first-order chi connectivity index (χ1) is 11.0. The van der Waals surface area contributed by atoms with Gasteiger partial charge in [-0.25, -0.2) is 13.4 Å². The van der Waals surface area contributed by atoms with Crippen LogP contribution in [0.25, 0.3) is 0 Å². The van der Waals surface area contributed by atoms with Gasteiger partial charge < -0.3 is 14.4 Å². The van der Waals surface area contributed by atoms with Crippen LogP contribution in [0, 0.1) is 11.8 Å².